The first-order valence-corrected chi connectivity index (χ1v) is 4.87. The van der Waals surface area contributed by atoms with E-state index in [0.717, 1.165) is 24.7 Å². The largest absolute Gasteiger partial charge is 0.298 e. The number of carbonyl (C=O) groups excluding carboxylic acids is 1. The van der Waals surface area contributed by atoms with Gasteiger partial charge in [0, 0.05) is 0 Å². The summed E-state index contributed by atoms with van der Waals surface area (Å²) in [4.78, 5) is 10.7. The van der Waals surface area contributed by atoms with Gasteiger partial charge in [0.25, 0.3) is 0 Å². The summed E-state index contributed by atoms with van der Waals surface area (Å²) in [6.45, 7) is 10.4. The number of hydrogen-bond donors (Lipinski definition) is 0. The maximum Gasteiger partial charge on any atom is 0.145 e. The van der Waals surface area contributed by atoms with Crippen molar-refractivity contribution in [1.82, 2.24) is 0 Å². The molecule has 1 aliphatic rings. The fraction of sp³-hybridized carbons (Fsp3) is 0.583. The lowest BCUT2D eigenvalue weighted by molar-refractivity contribution is -0.105. The van der Waals surface area contributed by atoms with Crippen LogP contribution in [0.5, 0.6) is 0 Å². The van der Waals surface area contributed by atoms with Gasteiger partial charge in [-0.2, -0.15) is 0 Å². The second-order valence-corrected chi connectivity index (χ2v) is 4.29. The Balaban J connectivity index is 2.87. The lowest BCUT2D eigenvalue weighted by atomic mass is 9.73. The SMILES string of the molecule is C=C(C=O)[C@H]1CC=C(CC)C1(C)C. The first kappa shape index (κ1) is 10.2. The third-order valence-corrected chi connectivity index (χ3v) is 3.28. The minimum Gasteiger partial charge on any atom is -0.298 e. The van der Waals surface area contributed by atoms with Crippen LogP contribution in [0.3, 0.4) is 0 Å². The Morgan fingerprint density at radius 2 is 2.38 bits per heavy atom. The molecule has 0 aromatic rings. The van der Waals surface area contributed by atoms with Crippen LogP contribution in [-0.2, 0) is 4.79 Å². The fourth-order valence-electron chi connectivity index (χ4n) is 2.34. The molecule has 1 nitrogen and oxygen atoms in total. The Hall–Kier alpha value is -0.850. The lowest BCUT2D eigenvalue weighted by Crippen LogP contribution is -2.23. The standard InChI is InChI=1S/C12H18O/c1-5-10-6-7-11(9(2)8-13)12(10,3)4/h6,8,11H,2,5,7H2,1,3-4H3/t11-/m1/s1. The highest BCUT2D eigenvalue weighted by molar-refractivity contribution is 5.73. The average Bonchev–Trinajstić information content (AvgIpc) is 2.39. The zero-order chi connectivity index (χ0) is 10.1. The van der Waals surface area contributed by atoms with Gasteiger partial charge in [-0.05, 0) is 29.7 Å². The van der Waals surface area contributed by atoms with Gasteiger partial charge in [0.05, 0.1) is 0 Å². The maximum atomic E-state index is 10.7. The fourth-order valence-corrected chi connectivity index (χ4v) is 2.34. The molecular weight excluding hydrogens is 160 g/mol. The van der Waals surface area contributed by atoms with Crippen molar-refractivity contribution in [1.29, 1.82) is 0 Å². The van der Waals surface area contributed by atoms with Gasteiger partial charge in [-0.1, -0.05) is 39.0 Å². The van der Waals surface area contributed by atoms with Crippen molar-refractivity contribution in [3.05, 3.63) is 23.8 Å². The third-order valence-electron chi connectivity index (χ3n) is 3.28. The van der Waals surface area contributed by atoms with E-state index in [-0.39, 0.29) is 5.41 Å². The summed E-state index contributed by atoms with van der Waals surface area (Å²) >= 11 is 0. The molecule has 0 radical (unpaired) electrons. The molecule has 1 rings (SSSR count). The minimum atomic E-state index is 0.132. The molecule has 1 aliphatic carbocycles. The molecule has 0 unspecified atom stereocenters. The lowest BCUT2D eigenvalue weighted by Gasteiger charge is -2.30. The number of rotatable bonds is 3. The monoisotopic (exact) mass is 178 g/mol. The normalized spacial score (nSPS) is 25.5. The summed E-state index contributed by atoms with van der Waals surface area (Å²) in [6.07, 6.45) is 5.22. The van der Waals surface area contributed by atoms with Gasteiger partial charge in [-0.15, -0.1) is 0 Å². The topological polar surface area (TPSA) is 17.1 Å². The van der Waals surface area contributed by atoms with Crippen LogP contribution in [0.1, 0.15) is 33.6 Å². The molecule has 0 aromatic heterocycles. The van der Waals surface area contributed by atoms with Gasteiger partial charge in [-0.3, -0.25) is 4.79 Å². The van der Waals surface area contributed by atoms with E-state index < -0.39 is 0 Å². The Labute approximate surface area is 80.5 Å². The first-order valence-electron chi connectivity index (χ1n) is 4.87. The Morgan fingerprint density at radius 1 is 1.77 bits per heavy atom. The van der Waals surface area contributed by atoms with E-state index in [4.69, 9.17) is 0 Å². The Morgan fingerprint density at radius 3 is 2.77 bits per heavy atom. The number of carbonyl (C=O) groups is 1. The van der Waals surface area contributed by atoms with Crippen LogP contribution in [0.2, 0.25) is 0 Å². The minimum absolute atomic E-state index is 0.132. The second kappa shape index (κ2) is 3.49. The quantitative estimate of drug-likeness (QED) is 0.368. The van der Waals surface area contributed by atoms with Gasteiger partial charge in [0.2, 0.25) is 0 Å². The van der Waals surface area contributed by atoms with Crippen LogP contribution in [0.25, 0.3) is 0 Å². The molecule has 1 atom stereocenters. The number of hydrogen-bond acceptors (Lipinski definition) is 1. The van der Waals surface area contributed by atoms with E-state index in [0.29, 0.717) is 5.92 Å². The summed E-state index contributed by atoms with van der Waals surface area (Å²) in [5, 5.41) is 0. The summed E-state index contributed by atoms with van der Waals surface area (Å²) in [6, 6.07) is 0. The van der Waals surface area contributed by atoms with Crippen LogP contribution in [0, 0.1) is 11.3 Å². The van der Waals surface area contributed by atoms with Crippen molar-refractivity contribution in [2.24, 2.45) is 11.3 Å². The van der Waals surface area contributed by atoms with Gasteiger partial charge >= 0.3 is 0 Å². The molecule has 1 heteroatoms. The Kier molecular flexibility index (Phi) is 2.74. The van der Waals surface area contributed by atoms with Crippen LogP contribution in [-0.4, -0.2) is 6.29 Å². The third kappa shape index (κ3) is 1.60. The molecule has 0 aliphatic heterocycles. The van der Waals surface area contributed by atoms with Crippen molar-refractivity contribution in [3.63, 3.8) is 0 Å². The molecule has 0 aromatic carbocycles. The number of allylic oxidation sites excluding steroid dienone is 3. The predicted molar refractivity (Wildman–Crippen MR) is 55.5 cm³/mol. The molecule has 0 amide bonds. The smallest absolute Gasteiger partial charge is 0.145 e. The van der Waals surface area contributed by atoms with Crippen molar-refractivity contribution in [3.8, 4) is 0 Å². The van der Waals surface area contributed by atoms with Crippen molar-refractivity contribution in [2.75, 3.05) is 0 Å². The zero-order valence-corrected chi connectivity index (χ0v) is 8.76. The summed E-state index contributed by atoms with van der Waals surface area (Å²) in [5.74, 6) is 0.319. The molecule has 0 saturated carbocycles. The summed E-state index contributed by atoms with van der Waals surface area (Å²) in [7, 11) is 0. The highest BCUT2D eigenvalue weighted by atomic mass is 16.1. The van der Waals surface area contributed by atoms with E-state index in [1.165, 1.54) is 5.57 Å². The highest BCUT2D eigenvalue weighted by Crippen LogP contribution is 2.47. The van der Waals surface area contributed by atoms with Gasteiger partial charge in [0.15, 0.2) is 0 Å². The van der Waals surface area contributed by atoms with Crippen LogP contribution in [0.4, 0.5) is 0 Å². The molecule has 0 saturated heterocycles. The molecule has 0 spiro atoms. The molecule has 13 heavy (non-hydrogen) atoms. The van der Waals surface area contributed by atoms with E-state index >= 15 is 0 Å². The van der Waals surface area contributed by atoms with Crippen LogP contribution < -0.4 is 0 Å². The van der Waals surface area contributed by atoms with E-state index in [1.807, 2.05) is 0 Å². The maximum absolute atomic E-state index is 10.7. The van der Waals surface area contributed by atoms with Crippen LogP contribution >= 0.6 is 0 Å². The van der Waals surface area contributed by atoms with Crippen molar-refractivity contribution < 1.29 is 4.79 Å². The first-order chi connectivity index (χ1) is 6.04. The van der Waals surface area contributed by atoms with Crippen molar-refractivity contribution in [2.45, 2.75) is 33.6 Å². The average molecular weight is 178 g/mol. The molecular formula is C12H18O. The molecule has 0 N–H and O–H groups in total. The second-order valence-electron chi connectivity index (χ2n) is 4.29. The van der Waals surface area contributed by atoms with E-state index in [2.05, 4.69) is 33.4 Å². The van der Waals surface area contributed by atoms with Crippen molar-refractivity contribution >= 4 is 6.29 Å². The van der Waals surface area contributed by atoms with Gasteiger partial charge in [-0.25, -0.2) is 0 Å². The van der Waals surface area contributed by atoms with Crippen LogP contribution in [0.15, 0.2) is 23.8 Å². The van der Waals surface area contributed by atoms with E-state index in [9.17, 15) is 4.79 Å². The highest BCUT2D eigenvalue weighted by Gasteiger charge is 2.37. The number of aldehydes is 1. The van der Waals surface area contributed by atoms with E-state index in [1.54, 1.807) is 0 Å². The molecule has 0 heterocycles. The molecule has 72 valence electrons. The predicted octanol–water partition coefficient (Wildman–Crippen LogP) is 3.12. The molecule has 0 fully saturated rings. The summed E-state index contributed by atoms with van der Waals surface area (Å²) in [5.41, 5.74) is 2.33. The zero-order valence-electron chi connectivity index (χ0n) is 8.76. The Bertz CT molecular complexity index is 258. The summed E-state index contributed by atoms with van der Waals surface area (Å²) < 4.78 is 0. The van der Waals surface area contributed by atoms with Gasteiger partial charge < -0.3 is 0 Å². The van der Waals surface area contributed by atoms with Gasteiger partial charge in [0.1, 0.15) is 6.29 Å². The molecule has 0 bridgehead atoms.